The van der Waals surface area contributed by atoms with Gasteiger partial charge in [0.05, 0.1) is 12.6 Å². The maximum atomic E-state index is 14.7. The summed E-state index contributed by atoms with van der Waals surface area (Å²) in [6.45, 7) is -0.101. The molecule has 5 nitrogen and oxygen atoms in total. The maximum Gasteiger partial charge on any atom is 0.318 e. The van der Waals surface area contributed by atoms with Crippen LogP contribution >= 0.6 is 11.6 Å². The number of hydrogen-bond acceptors (Lipinski definition) is 2. The van der Waals surface area contributed by atoms with Gasteiger partial charge in [0.15, 0.2) is 0 Å². The highest BCUT2D eigenvalue weighted by Gasteiger charge is 2.41. The SMILES string of the molecule is NC(=O)C1CN([C@@H](CC2CCC(F)(F)CC2)c2ccc(F)c(Cl)c2F)C(=O)N1. The zero-order valence-electron chi connectivity index (χ0n) is 14.9. The number of carbonyl (C=O) groups is 2. The summed E-state index contributed by atoms with van der Waals surface area (Å²) >= 11 is 5.69. The number of nitrogens with zero attached hydrogens (tertiary/aromatic N) is 1. The molecular formula is C18H20ClF4N3O2. The predicted molar refractivity (Wildman–Crippen MR) is 93.9 cm³/mol. The normalized spacial score (nSPS) is 23.5. The van der Waals surface area contributed by atoms with Crippen LogP contribution in [0.15, 0.2) is 12.1 Å². The molecule has 10 heteroatoms. The summed E-state index contributed by atoms with van der Waals surface area (Å²) in [6.07, 6.45) is 0.0532. The van der Waals surface area contributed by atoms with Crippen molar-refractivity contribution in [3.63, 3.8) is 0 Å². The molecule has 2 atom stereocenters. The molecule has 0 bridgehead atoms. The average Bonchev–Trinajstić information content (AvgIpc) is 3.02. The fourth-order valence-electron chi connectivity index (χ4n) is 3.86. The third-order valence-corrected chi connectivity index (χ3v) is 5.82. The summed E-state index contributed by atoms with van der Waals surface area (Å²) in [7, 11) is 0. The lowest BCUT2D eigenvalue weighted by Gasteiger charge is -2.34. The number of primary amides is 1. The number of urea groups is 1. The van der Waals surface area contributed by atoms with Crippen LogP contribution in [0.3, 0.4) is 0 Å². The lowest BCUT2D eigenvalue weighted by atomic mass is 9.81. The maximum absolute atomic E-state index is 14.7. The van der Waals surface area contributed by atoms with E-state index < -0.39 is 46.6 Å². The fraction of sp³-hybridized carbons (Fsp3) is 0.556. The highest BCUT2D eigenvalue weighted by Crippen LogP contribution is 2.42. The van der Waals surface area contributed by atoms with E-state index in [1.165, 1.54) is 11.0 Å². The number of amides is 3. The van der Waals surface area contributed by atoms with Gasteiger partial charge in [-0.15, -0.1) is 0 Å². The van der Waals surface area contributed by atoms with E-state index in [0.717, 1.165) is 6.07 Å². The minimum absolute atomic E-state index is 0.0241. The molecule has 1 unspecified atom stereocenters. The number of hydrogen-bond donors (Lipinski definition) is 2. The molecule has 1 aliphatic carbocycles. The van der Waals surface area contributed by atoms with E-state index in [4.69, 9.17) is 17.3 Å². The molecule has 2 fully saturated rings. The van der Waals surface area contributed by atoms with Crippen LogP contribution in [-0.4, -0.2) is 35.3 Å². The van der Waals surface area contributed by atoms with Gasteiger partial charge in [-0.3, -0.25) is 4.79 Å². The number of carbonyl (C=O) groups excluding carboxylic acids is 2. The number of rotatable bonds is 5. The lowest BCUT2D eigenvalue weighted by molar-refractivity contribution is -0.119. The zero-order valence-corrected chi connectivity index (χ0v) is 15.6. The van der Waals surface area contributed by atoms with Crippen LogP contribution in [0.4, 0.5) is 22.4 Å². The molecule has 3 amide bonds. The molecule has 1 aromatic carbocycles. The Morgan fingerprint density at radius 1 is 1.32 bits per heavy atom. The molecule has 3 N–H and O–H groups in total. The number of nitrogens with two attached hydrogens (primary N) is 1. The third-order valence-electron chi connectivity index (χ3n) is 5.47. The zero-order chi connectivity index (χ0) is 20.6. The highest BCUT2D eigenvalue weighted by molar-refractivity contribution is 6.31. The second-order valence-corrected chi connectivity index (χ2v) is 7.75. The Morgan fingerprint density at radius 3 is 2.54 bits per heavy atom. The van der Waals surface area contributed by atoms with Crippen molar-refractivity contribution in [3.05, 3.63) is 34.4 Å². The van der Waals surface area contributed by atoms with Crippen LogP contribution in [0.2, 0.25) is 5.02 Å². The molecule has 3 rings (SSSR count). The molecule has 1 heterocycles. The Labute approximate surface area is 164 Å². The Morgan fingerprint density at radius 2 is 1.96 bits per heavy atom. The van der Waals surface area contributed by atoms with Gasteiger partial charge in [-0.2, -0.15) is 0 Å². The van der Waals surface area contributed by atoms with Gasteiger partial charge in [-0.1, -0.05) is 17.7 Å². The van der Waals surface area contributed by atoms with Gasteiger partial charge in [0.1, 0.15) is 22.7 Å². The Balaban J connectivity index is 1.90. The van der Waals surface area contributed by atoms with E-state index in [2.05, 4.69) is 5.32 Å². The van der Waals surface area contributed by atoms with Crippen molar-refractivity contribution in [3.8, 4) is 0 Å². The van der Waals surface area contributed by atoms with Crippen molar-refractivity contribution in [2.45, 2.75) is 50.1 Å². The number of nitrogens with one attached hydrogen (secondary N) is 1. The Kier molecular flexibility index (Phi) is 5.74. The van der Waals surface area contributed by atoms with Gasteiger partial charge in [0.25, 0.3) is 0 Å². The quantitative estimate of drug-likeness (QED) is 0.561. The first kappa shape index (κ1) is 20.7. The number of benzene rings is 1. The predicted octanol–water partition coefficient (Wildman–Crippen LogP) is 3.75. The molecule has 1 saturated heterocycles. The summed E-state index contributed by atoms with van der Waals surface area (Å²) in [4.78, 5) is 25.0. The summed E-state index contributed by atoms with van der Waals surface area (Å²) in [5, 5.41) is 1.71. The van der Waals surface area contributed by atoms with E-state index in [1.54, 1.807) is 0 Å². The van der Waals surface area contributed by atoms with Gasteiger partial charge >= 0.3 is 6.03 Å². The number of halogens is 5. The van der Waals surface area contributed by atoms with Crippen LogP contribution in [0.1, 0.15) is 43.7 Å². The van der Waals surface area contributed by atoms with Gasteiger partial charge in [-0.05, 0) is 31.2 Å². The third kappa shape index (κ3) is 4.19. The van der Waals surface area contributed by atoms with Crippen LogP contribution in [0, 0.1) is 17.6 Å². The summed E-state index contributed by atoms with van der Waals surface area (Å²) in [6, 6.07) is -0.301. The van der Waals surface area contributed by atoms with E-state index in [-0.39, 0.29) is 50.1 Å². The van der Waals surface area contributed by atoms with Crippen molar-refractivity contribution in [2.75, 3.05) is 6.54 Å². The van der Waals surface area contributed by atoms with Crippen molar-refractivity contribution in [2.24, 2.45) is 11.7 Å². The van der Waals surface area contributed by atoms with E-state index in [9.17, 15) is 27.2 Å². The van der Waals surface area contributed by atoms with Crippen LogP contribution in [0.25, 0.3) is 0 Å². The van der Waals surface area contributed by atoms with E-state index in [1.807, 2.05) is 0 Å². The standard InChI is InChI=1S/C18H20ClF4N3O2/c19-14-11(20)2-1-10(15(14)21)13(7-9-3-5-18(22,23)6-4-9)26-8-12(16(24)27)25-17(26)28/h1-2,9,12-13H,3-8H2,(H2,24,27)(H,25,28)/t12?,13-/m0/s1. The molecule has 2 aliphatic rings. The average molecular weight is 422 g/mol. The first-order chi connectivity index (χ1) is 13.1. The molecule has 1 aliphatic heterocycles. The summed E-state index contributed by atoms with van der Waals surface area (Å²) in [5.41, 5.74) is 5.22. The van der Waals surface area contributed by atoms with Gasteiger partial charge in [-0.25, -0.2) is 22.4 Å². The summed E-state index contributed by atoms with van der Waals surface area (Å²) in [5.74, 6) is -5.61. The number of alkyl halides is 2. The largest absolute Gasteiger partial charge is 0.368 e. The Bertz CT molecular complexity index is 782. The molecule has 1 saturated carbocycles. The minimum Gasteiger partial charge on any atom is -0.368 e. The second kappa shape index (κ2) is 7.77. The Hall–Kier alpha value is -2.03. The fourth-order valence-corrected chi connectivity index (χ4v) is 4.03. The van der Waals surface area contributed by atoms with Crippen molar-refractivity contribution >= 4 is 23.5 Å². The van der Waals surface area contributed by atoms with Crippen molar-refractivity contribution in [1.82, 2.24) is 10.2 Å². The smallest absolute Gasteiger partial charge is 0.318 e. The van der Waals surface area contributed by atoms with Crippen LogP contribution in [0.5, 0.6) is 0 Å². The minimum atomic E-state index is -2.72. The molecule has 0 radical (unpaired) electrons. The monoisotopic (exact) mass is 421 g/mol. The molecule has 154 valence electrons. The first-order valence-electron chi connectivity index (χ1n) is 8.96. The second-order valence-electron chi connectivity index (χ2n) is 7.37. The van der Waals surface area contributed by atoms with Gasteiger partial charge in [0.2, 0.25) is 11.8 Å². The molecular weight excluding hydrogens is 402 g/mol. The molecule has 0 aromatic heterocycles. The topological polar surface area (TPSA) is 75.4 Å². The lowest BCUT2D eigenvalue weighted by Crippen LogP contribution is -2.39. The first-order valence-corrected chi connectivity index (χ1v) is 9.34. The van der Waals surface area contributed by atoms with Crippen molar-refractivity contribution < 1.29 is 27.2 Å². The molecule has 1 aromatic rings. The van der Waals surface area contributed by atoms with Crippen molar-refractivity contribution in [1.29, 1.82) is 0 Å². The van der Waals surface area contributed by atoms with E-state index in [0.29, 0.717) is 0 Å². The molecule has 28 heavy (non-hydrogen) atoms. The van der Waals surface area contributed by atoms with Crippen LogP contribution in [-0.2, 0) is 4.79 Å². The van der Waals surface area contributed by atoms with E-state index >= 15 is 0 Å². The van der Waals surface area contributed by atoms with Gasteiger partial charge in [0, 0.05) is 18.4 Å². The van der Waals surface area contributed by atoms with Gasteiger partial charge < -0.3 is 16.0 Å². The summed E-state index contributed by atoms with van der Waals surface area (Å²) < 4.78 is 55.2. The highest BCUT2D eigenvalue weighted by atomic mass is 35.5. The van der Waals surface area contributed by atoms with Crippen LogP contribution < -0.4 is 11.1 Å². The molecule has 0 spiro atoms.